The Kier molecular flexibility index (Phi) is 6.80. The smallest absolute Gasteiger partial charge is 0.227 e. The summed E-state index contributed by atoms with van der Waals surface area (Å²) in [6.45, 7) is 3.51. The Morgan fingerprint density at radius 2 is 2.00 bits per heavy atom. The van der Waals surface area contributed by atoms with Gasteiger partial charge >= 0.3 is 0 Å². The number of hydrogen-bond acceptors (Lipinski definition) is 6. The number of halogens is 2. The molecule has 1 spiro atoms. The van der Waals surface area contributed by atoms with Crippen LogP contribution in [0.1, 0.15) is 36.1 Å². The molecule has 6 nitrogen and oxygen atoms in total. The maximum Gasteiger partial charge on any atom is 0.227 e. The van der Waals surface area contributed by atoms with E-state index in [2.05, 4.69) is 34.2 Å². The molecule has 0 aliphatic carbocycles. The Hall–Kier alpha value is -2.71. The van der Waals surface area contributed by atoms with Gasteiger partial charge in [-0.15, -0.1) is 11.3 Å². The number of aryl methyl sites for hydroxylation is 1. The average Bonchev–Trinajstić information content (AvgIpc) is 3.65. The van der Waals surface area contributed by atoms with Crippen LogP contribution in [0.2, 0.25) is 10.0 Å². The third kappa shape index (κ3) is 4.81. The minimum atomic E-state index is -0.0730. The van der Waals surface area contributed by atoms with E-state index in [9.17, 15) is 4.79 Å². The van der Waals surface area contributed by atoms with Gasteiger partial charge in [0, 0.05) is 42.6 Å². The second kappa shape index (κ2) is 10.2. The van der Waals surface area contributed by atoms with Crippen molar-refractivity contribution in [2.24, 2.45) is 0 Å². The molecular weight excluding hydrogens is 527 g/mol. The SMILES string of the molecule is O=C(CCc1cocn1)N1CC2(CCN(C/C=C/c3ccc(Cl)c(Cl)c3)CC2)c2c1ccc1scnc21. The van der Waals surface area contributed by atoms with Crippen molar-refractivity contribution in [1.82, 2.24) is 14.9 Å². The van der Waals surface area contributed by atoms with Crippen LogP contribution in [0, 0.1) is 0 Å². The summed E-state index contributed by atoms with van der Waals surface area (Å²) < 4.78 is 6.25. The molecule has 0 unspecified atom stereocenters. The summed E-state index contributed by atoms with van der Waals surface area (Å²) in [4.78, 5) is 26.8. The van der Waals surface area contributed by atoms with Gasteiger partial charge in [0.25, 0.3) is 0 Å². The summed E-state index contributed by atoms with van der Waals surface area (Å²) in [7, 11) is 0. The molecule has 0 bridgehead atoms. The molecule has 4 aromatic rings. The Balaban J connectivity index is 1.18. The van der Waals surface area contributed by atoms with Crippen LogP contribution in [-0.4, -0.2) is 47.0 Å². The number of thiazole rings is 1. The first-order chi connectivity index (χ1) is 18.0. The van der Waals surface area contributed by atoms with Crippen molar-refractivity contribution in [3.63, 3.8) is 0 Å². The lowest BCUT2D eigenvalue weighted by Gasteiger charge is -2.39. The van der Waals surface area contributed by atoms with Gasteiger partial charge in [0.15, 0.2) is 6.39 Å². The maximum atomic E-state index is 13.4. The van der Waals surface area contributed by atoms with Crippen molar-refractivity contribution in [1.29, 1.82) is 0 Å². The molecule has 1 fully saturated rings. The van der Waals surface area contributed by atoms with Crippen LogP contribution in [0.5, 0.6) is 0 Å². The number of rotatable bonds is 6. The first kappa shape index (κ1) is 24.6. The first-order valence-electron chi connectivity index (χ1n) is 12.4. The number of anilines is 1. The molecule has 2 aliphatic heterocycles. The van der Waals surface area contributed by atoms with Gasteiger partial charge in [0.2, 0.25) is 5.91 Å². The Morgan fingerprint density at radius 3 is 2.78 bits per heavy atom. The van der Waals surface area contributed by atoms with Crippen molar-refractivity contribution in [2.75, 3.05) is 31.1 Å². The zero-order valence-corrected chi connectivity index (χ0v) is 22.5. The van der Waals surface area contributed by atoms with Gasteiger partial charge in [0.05, 0.1) is 31.5 Å². The summed E-state index contributed by atoms with van der Waals surface area (Å²) >= 11 is 13.8. The molecule has 9 heteroatoms. The number of hydrogen-bond donors (Lipinski definition) is 0. The molecule has 1 amide bonds. The highest BCUT2D eigenvalue weighted by Crippen LogP contribution is 2.50. The topological polar surface area (TPSA) is 62.5 Å². The monoisotopic (exact) mass is 552 g/mol. The molecule has 2 aromatic heterocycles. The second-order valence-corrected chi connectivity index (χ2v) is 11.5. The summed E-state index contributed by atoms with van der Waals surface area (Å²) in [5.74, 6) is 0.127. The molecule has 0 N–H and O–H groups in total. The number of nitrogens with zero attached hydrogens (tertiary/aromatic N) is 4. The Morgan fingerprint density at radius 1 is 1.14 bits per heavy atom. The number of benzene rings is 2. The number of fused-ring (bicyclic) bond motifs is 4. The summed E-state index contributed by atoms with van der Waals surface area (Å²) in [6.07, 6.45) is 10.2. The van der Waals surface area contributed by atoms with Crippen molar-refractivity contribution >= 4 is 62.4 Å². The van der Waals surface area contributed by atoms with Gasteiger partial charge in [-0.3, -0.25) is 9.69 Å². The molecule has 37 heavy (non-hydrogen) atoms. The fourth-order valence-electron chi connectivity index (χ4n) is 5.61. The highest BCUT2D eigenvalue weighted by Gasteiger charge is 2.47. The fraction of sp³-hybridized carbons (Fsp3) is 0.321. The van der Waals surface area contributed by atoms with Gasteiger partial charge < -0.3 is 9.32 Å². The minimum absolute atomic E-state index is 0.0730. The summed E-state index contributed by atoms with van der Waals surface area (Å²) in [5, 5.41) is 1.13. The predicted molar refractivity (Wildman–Crippen MR) is 150 cm³/mol. The van der Waals surface area contributed by atoms with Crippen LogP contribution in [-0.2, 0) is 16.6 Å². The van der Waals surface area contributed by atoms with Gasteiger partial charge in [-0.2, -0.15) is 0 Å². The van der Waals surface area contributed by atoms with Gasteiger partial charge in [0.1, 0.15) is 6.26 Å². The third-order valence-electron chi connectivity index (χ3n) is 7.57. The van der Waals surface area contributed by atoms with E-state index in [0.717, 1.165) is 54.9 Å². The molecule has 0 saturated carbocycles. The molecule has 190 valence electrons. The molecule has 0 atom stereocenters. The fourth-order valence-corrected chi connectivity index (χ4v) is 6.61. The zero-order chi connectivity index (χ0) is 25.4. The van der Waals surface area contributed by atoms with Crippen LogP contribution in [0.3, 0.4) is 0 Å². The first-order valence-corrected chi connectivity index (χ1v) is 14.0. The Bertz CT molecular complexity index is 1460. The number of likely N-dealkylation sites (tertiary alicyclic amines) is 1. The quantitative estimate of drug-likeness (QED) is 0.269. The Labute approximate surface area is 229 Å². The van der Waals surface area contributed by atoms with Crippen LogP contribution in [0.4, 0.5) is 5.69 Å². The predicted octanol–water partition coefficient (Wildman–Crippen LogP) is 6.62. The molecular formula is C28H26Cl2N4O2S. The summed E-state index contributed by atoms with van der Waals surface area (Å²) in [6, 6.07) is 9.90. The van der Waals surface area contributed by atoms with Crippen LogP contribution in [0.15, 0.2) is 59.0 Å². The number of aromatic nitrogens is 2. The van der Waals surface area contributed by atoms with E-state index in [1.165, 1.54) is 16.7 Å². The van der Waals surface area contributed by atoms with Crippen molar-refractivity contribution in [3.8, 4) is 0 Å². The molecule has 6 rings (SSSR count). The van der Waals surface area contributed by atoms with E-state index in [-0.39, 0.29) is 11.3 Å². The van der Waals surface area contributed by atoms with Crippen LogP contribution >= 0.6 is 34.5 Å². The lowest BCUT2D eigenvalue weighted by atomic mass is 9.74. The molecule has 4 heterocycles. The van der Waals surface area contributed by atoms with Crippen LogP contribution < -0.4 is 4.90 Å². The highest BCUT2D eigenvalue weighted by molar-refractivity contribution is 7.16. The number of amides is 1. The van der Waals surface area contributed by atoms with E-state index in [1.807, 2.05) is 28.6 Å². The lowest BCUT2D eigenvalue weighted by Crippen LogP contribution is -2.46. The highest BCUT2D eigenvalue weighted by atomic mass is 35.5. The third-order valence-corrected chi connectivity index (χ3v) is 9.11. The van der Waals surface area contributed by atoms with Crippen molar-refractivity contribution < 1.29 is 9.21 Å². The van der Waals surface area contributed by atoms with Gasteiger partial charge in [-0.1, -0.05) is 41.4 Å². The largest absolute Gasteiger partial charge is 0.451 e. The number of carbonyl (C=O) groups is 1. The van der Waals surface area contributed by atoms with Crippen LogP contribution in [0.25, 0.3) is 16.3 Å². The number of piperidine rings is 1. The number of oxazole rings is 1. The average molecular weight is 554 g/mol. The van der Waals surface area contributed by atoms with Gasteiger partial charge in [-0.05, 0) is 55.8 Å². The van der Waals surface area contributed by atoms with E-state index < -0.39 is 0 Å². The normalized spacial score (nSPS) is 17.3. The van der Waals surface area contributed by atoms with Crippen molar-refractivity contribution in [2.45, 2.75) is 31.1 Å². The van der Waals surface area contributed by atoms with E-state index in [4.69, 9.17) is 32.6 Å². The van der Waals surface area contributed by atoms with E-state index >= 15 is 0 Å². The van der Waals surface area contributed by atoms with E-state index in [1.54, 1.807) is 17.6 Å². The zero-order valence-electron chi connectivity index (χ0n) is 20.2. The minimum Gasteiger partial charge on any atom is -0.451 e. The maximum absolute atomic E-state index is 13.4. The van der Waals surface area contributed by atoms with E-state index in [0.29, 0.717) is 29.4 Å². The second-order valence-electron chi connectivity index (χ2n) is 9.78. The molecule has 2 aromatic carbocycles. The molecule has 1 saturated heterocycles. The van der Waals surface area contributed by atoms with Crippen molar-refractivity contribution in [3.05, 3.63) is 81.4 Å². The lowest BCUT2D eigenvalue weighted by molar-refractivity contribution is -0.118. The number of carbonyl (C=O) groups excluding carboxylic acids is 1. The van der Waals surface area contributed by atoms with Gasteiger partial charge in [-0.25, -0.2) is 9.97 Å². The molecule has 2 aliphatic rings. The molecule has 0 radical (unpaired) electrons. The summed E-state index contributed by atoms with van der Waals surface area (Å²) in [5.41, 5.74) is 7.02. The standard InChI is InChI=1S/C28H26Cl2N4O2S/c29-21-5-3-19(14-22(21)30)2-1-11-33-12-9-28(10-13-33)16-34(25(35)8-4-20-15-36-17-31-20)23-6-7-24-27(26(23)28)32-18-37-24/h1-3,5-7,14-15,17-18H,4,8-13,16H2/b2-1+.